The molecular formula is C8H8BrClO2. The van der Waals surface area contributed by atoms with E-state index >= 15 is 0 Å². The van der Waals surface area contributed by atoms with Gasteiger partial charge in [0.25, 0.3) is 0 Å². The minimum absolute atomic E-state index is 0.0499. The number of benzene rings is 1. The number of aliphatic hydroxyl groups excluding tert-OH is 1. The Kier molecular flexibility index (Phi) is 3.38. The number of rotatable bonds is 2. The molecule has 0 spiro atoms. The van der Waals surface area contributed by atoms with Crippen LogP contribution in [0.1, 0.15) is 11.7 Å². The molecule has 0 radical (unpaired) electrons. The summed E-state index contributed by atoms with van der Waals surface area (Å²) in [5, 5.41) is 19.4. The lowest BCUT2D eigenvalue weighted by Crippen LogP contribution is -1.98. The Labute approximate surface area is 83.9 Å². The lowest BCUT2D eigenvalue weighted by atomic mass is 10.1. The molecule has 66 valence electrons. The number of halogens is 2. The van der Waals surface area contributed by atoms with Gasteiger partial charge in [-0.05, 0) is 6.07 Å². The molecule has 2 nitrogen and oxygen atoms in total. The Morgan fingerprint density at radius 2 is 2.17 bits per heavy atom. The van der Waals surface area contributed by atoms with Gasteiger partial charge < -0.3 is 10.2 Å². The molecule has 1 rings (SSSR count). The highest BCUT2D eigenvalue weighted by molar-refractivity contribution is 9.09. The maximum Gasteiger partial charge on any atom is 0.139 e. The average Bonchev–Trinajstić information content (AvgIpc) is 2.08. The molecule has 12 heavy (non-hydrogen) atoms. The molecule has 1 aromatic carbocycles. The third-order valence-corrected chi connectivity index (χ3v) is 2.44. The SMILES string of the molecule is Oc1c(Cl)cccc1C(O)CBr. The van der Waals surface area contributed by atoms with Crippen molar-refractivity contribution in [2.45, 2.75) is 6.10 Å². The molecule has 0 amide bonds. The first kappa shape index (κ1) is 9.84. The van der Waals surface area contributed by atoms with E-state index in [9.17, 15) is 10.2 Å². The van der Waals surface area contributed by atoms with E-state index in [1.54, 1.807) is 18.2 Å². The summed E-state index contributed by atoms with van der Waals surface area (Å²) in [4.78, 5) is 0. The molecule has 0 aliphatic carbocycles. The second kappa shape index (κ2) is 4.12. The van der Waals surface area contributed by atoms with Crippen LogP contribution in [0.2, 0.25) is 5.02 Å². The predicted molar refractivity (Wildman–Crippen MR) is 51.9 cm³/mol. The number of phenolic OH excluding ortho intramolecular Hbond substituents is 1. The largest absolute Gasteiger partial charge is 0.506 e. The van der Waals surface area contributed by atoms with Crippen molar-refractivity contribution in [2.24, 2.45) is 0 Å². The van der Waals surface area contributed by atoms with Gasteiger partial charge in [-0.25, -0.2) is 0 Å². The third kappa shape index (κ3) is 1.91. The van der Waals surface area contributed by atoms with Crippen LogP contribution in [0.5, 0.6) is 5.75 Å². The number of para-hydroxylation sites is 1. The van der Waals surface area contributed by atoms with Crippen LogP contribution in [-0.4, -0.2) is 15.5 Å². The van der Waals surface area contributed by atoms with Crippen LogP contribution in [-0.2, 0) is 0 Å². The summed E-state index contributed by atoms with van der Waals surface area (Å²) in [5.74, 6) is -0.0499. The Morgan fingerprint density at radius 3 is 2.75 bits per heavy atom. The molecule has 0 saturated carbocycles. The van der Waals surface area contributed by atoms with Gasteiger partial charge >= 0.3 is 0 Å². The number of aromatic hydroxyl groups is 1. The highest BCUT2D eigenvalue weighted by Crippen LogP contribution is 2.31. The average molecular weight is 252 g/mol. The van der Waals surface area contributed by atoms with Crippen LogP contribution in [0.25, 0.3) is 0 Å². The van der Waals surface area contributed by atoms with Crippen molar-refractivity contribution >= 4 is 27.5 Å². The van der Waals surface area contributed by atoms with E-state index < -0.39 is 6.10 Å². The highest BCUT2D eigenvalue weighted by Gasteiger charge is 2.12. The van der Waals surface area contributed by atoms with E-state index in [1.165, 1.54) is 0 Å². The van der Waals surface area contributed by atoms with Crippen LogP contribution < -0.4 is 0 Å². The summed E-state index contributed by atoms with van der Waals surface area (Å²) >= 11 is 8.74. The maximum absolute atomic E-state index is 9.39. The first-order chi connectivity index (χ1) is 5.66. The number of alkyl halides is 1. The van der Waals surface area contributed by atoms with Gasteiger partial charge in [-0.3, -0.25) is 0 Å². The van der Waals surface area contributed by atoms with Crippen molar-refractivity contribution in [3.05, 3.63) is 28.8 Å². The van der Waals surface area contributed by atoms with E-state index in [0.717, 1.165) is 0 Å². The molecule has 0 aliphatic heterocycles. The Hall–Kier alpha value is -0.250. The first-order valence-corrected chi connectivity index (χ1v) is 4.88. The van der Waals surface area contributed by atoms with Crippen molar-refractivity contribution in [3.8, 4) is 5.75 Å². The van der Waals surface area contributed by atoms with Gasteiger partial charge in [-0.2, -0.15) is 0 Å². The standard InChI is InChI=1S/C8H8BrClO2/c9-4-7(11)5-2-1-3-6(10)8(5)12/h1-3,7,11-12H,4H2. The smallest absolute Gasteiger partial charge is 0.139 e. The fraction of sp³-hybridized carbons (Fsp3) is 0.250. The van der Waals surface area contributed by atoms with Crippen LogP contribution in [0.4, 0.5) is 0 Å². The zero-order valence-corrected chi connectivity index (χ0v) is 8.51. The van der Waals surface area contributed by atoms with Crippen molar-refractivity contribution in [3.63, 3.8) is 0 Å². The Bertz CT molecular complexity index is 278. The molecule has 1 atom stereocenters. The molecule has 0 bridgehead atoms. The highest BCUT2D eigenvalue weighted by atomic mass is 79.9. The number of hydrogen-bond acceptors (Lipinski definition) is 2. The fourth-order valence-corrected chi connectivity index (χ4v) is 1.41. The fourth-order valence-electron chi connectivity index (χ4n) is 0.884. The molecule has 0 fully saturated rings. The summed E-state index contributed by atoms with van der Waals surface area (Å²) in [6.45, 7) is 0. The van der Waals surface area contributed by atoms with Crippen molar-refractivity contribution in [1.29, 1.82) is 0 Å². The van der Waals surface area contributed by atoms with Crippen LogP contribution in [0, 0.1) is 0 Å². The minimum Gasteiger partial charge on any atom is -0.506 e. The van der Waals surface area contributed by atoms with E-state index in [2.05, 4.69) is 15.9 Å². The quantitative estimate of drug-likeness (QED) is 0.793. The number of aliphatic hydroxyl groups is 1. The first-order valence-electron chi connectivity index (χ1n) is 3.38. The molecular weight excluding hydrogens is 243 g/mol. The van der Waals surface area contributed by atoms with E-state index in [-0.39, 0.29) is 10.8 Å². The molecule has 1 unspecified atom stereocenters. The van der Waals surface area contributed by atoms with Gasteiger partial charge in [0.15, 0.2) is 0 Å². The maximum atomic E-state index is 9.39. The molecule has 2 N–H and O–H groups in total. The Morgan fingerprint density at radius 1 is 1.50 bits per heavy atom. The lowest BCUT2D eigenvalue weighted by Gasteiger charge is -2.09. The summed E-state index contributed by atoms with van der Waals surface area (Å²) in [7, 11) is 0. The molecule has 1 aromatic rings. The van der Waals surface area contributed by atoms with Crippen molar-refractivity contribution in [2.75, 3.05) is 5.33 Å². The van der Waals surface area contributed by atoms with E-state index in [4.69, 9.17) is 11.6 Å². The summed E-state index contributed by atoms with van der Waals surface area (Å²) in [6, 6.07) is 4.89. The van der Waals surface area contributed by atoms with Crippen LogP contribution >= 0.6 is 27.5 Å². The predicted octanol–water partition coefficient (Wildman–Crippen LogP) is 2.47. The summed E-state index contributed by atoms with van der Waals surface area (Å²) in [5.41, 5.74) is 0.444. The van der Waals surface area contributed by atoms with Crippen molar-refractivity contribution in [1.82, 2.24) is 0 Å². The van der Waals surface area contributed by atoms with Gasteiger partial charge in [-0.1, -0.05) is 39.7 Å². The van der Waals surface area contributed by atoms with Gasteiger partial charge in [0.2, 0.25) is 0 Å². The molecule has 0 aliphatic rings. The van der Waals surface area contributed by atoms with Gasteiger partial charge in [0.05, 0.1) is 11.1 Å². The molecule has 0 aromatic heterocycles. The topological polar surface area (TPSA) is 40.5 Å². The molecule has 4 heteroatoms. The minimum atomic E-state index is -0.719. The van der Waals surface area contributed by atoms with Crippen molar-refractivity contribution < 1.29 is 10.2 Å². The van der Waals surface area contributed by atoms with Gasteiger partial charge in [0.1, 0.15) is 5.75 Å². The van der Waals surface area contributed by atoms with Gasteiger partial charge in [-0.15, -0.1) is 0 Å². The van der Waals surface area contributed by atoms with E-state index in [0.29, 0.717) is 10.9 Å². The second-order valence-corrected chi connectivity index (χ2v) is 3.40. The Balaban J connectivity index is 3.07. The lowest BCUT2D eigenvalue weighted by molar-refractivity contribution is 0.201. The normalized spacial score (nSPS) is 12.9. The zero-order chi connectivity index (χ0) is 9.14. The third-order valence-electron chi connectivity index (χ3n) is 1.52. The summed E-state index contributed by atoms with van der Waals surface area (Å²) < 4.78 is 0. The zero-order valence-electron chi connectivity index (χ0n) is 6.17. The van der Waals surface area contributed by atoms with Crippen LogP contribution in [0.15, 0.2) is 18.2 Å². The van der Waals surface area contributed by atoms with E-state index in [1.807, 2.05) is 0 Å². The monoisotopic (exact) mass is 250 g/mol. The van der Waals surface area contributed by atoms with Gasteiger partial charge in [0, 0.05) is 10.9 Å². The number of phenols is 1. The molecule has 0 saturated heterocycles. The number of hydrogen-bond donors (Lipinski definition) is 2. The molecule has 0 heterocycles. The second-order valence-electron chi connectivity index (χ2n) is 2.35. The summed E-state index contributed by atoms with van der Waals surface area (Å²) in [6.07, 6.45) is -0.719. The van der Waals surface area contributed by atoms with Crippen LogP contribution in [0.3, 0.4) is 0 Å².